The van der Waals surface area contributed by atoms with Crippen molar-refractivity contribution in [3.05, 3.63) is 101 Å². The van der Waals surface area contributed by atoms with E-state index in [2.05, 4.69) is 24.3 Å². The van der Waals surface area contributed by atoms with Gasteiger partial charge in [-0.1, -0.05) is 54.6 Å². The van der Waals surface area contributed by atoms with Crippen LogP contribution in [0.5, 0.6) is 5.75 Å². The molecule has 5 rings (SSSR count). The minimum atomic E-state index is -0.297. The van der Waals surface area contributed by atoms with Crippen LogP contribution in [0.3, 0.4) is 0 Å². The van der Waals surface area contributed by atoms with Crippen molar-refractivity contribution in [1.82, 2.24) is 4.90 Å². The molecule has 2 heterocycles. The number of ether oxygens (including phenoxy) is 1. The van der Waals surface area contributed by atoms with E-state index in [9.17, 15) is 9.18 Å². The van der Waals surface area contributed by atoms with Gasteiger partial charge in [0.2, 0.25) is 0 Å². The fourth-order valence-corrected chi connectivity index (χ4v) is 6.30. The third kappa shape index (κ3) is 3.47. The highest BCUT2D eigenvalue weighted by molar-refractivity contribution is 8.01. The van der Waals surface area contributed by atoms with E-state index in [1.165, 1.54) is 17.2 Å². The van der Waals surface area contributed by atoms with Crippen LogP contribution in [0.1, 0.15) is 34.8 Å². The number of piperidine rings is 1. The van der Waals surface area contributed by atoms with Gasteiger partial charge < -0.3 is 9.64 Å². The molecular weight excluding hydrogens is 397 g/mol. The van der Waals surface area contributed by atoms with Gasteiger partial charge in [-0.05, 0) is 53.8 Å². The quantitative estimate of drug-likeness (QED) is 0.499. The predicted octanol–water partition coefficient (Wildman–Crippen LogP) is 6.15. The number of rotatable bonds is 2. The van der Waals surface area contributed by atoms with Crippen LogP contribution in [-0.4, -0.2) is 24.1 Å². The Morgan fingerprint density at radius 2 is 1.70 bits per heavy atom. The van der Waals surface area contributed by atoms with E-state index in [0.717, 1.165) is 18.4 Å². The number of halogens is 1. The molecule has 0 aromatic heterocycles. The van der Waals surface area contributed by atoms with Crippen LogP contribution in [-0.2, 0) is 4.75 Å². The van der Waals surface area contributed by atoms with Crippen molar-refractivity contribution in [3.8, 4) is 5.75 Å². The lowest BCUT2D eigenvalue weighted by atomic mass is 9.84. The van der Waals surface area contributed by atoms with Crippen LogP contribution in [0.15, 0.2) is 78.9 Å². The molecule has 3 aromatic carbocycles. The van der Waals surface area contributed by atoms with Crippen LogP contribution in [0.4, 0.5) is 9.18 Å². The summed E-state index contributed by atoms with van der Waals surface area (Å²) in [5.74, 6) is 0.361. The van der Waals surface area contributed by atoms with E-state index in [-0.39, 0.29) is 21.9 Å². The molecule has 30 heavy (non-hydrogen) atoms. The van der Waals surface area contributed by atoms with Crippen LogP contribution < -0.4 is 4.74 Å². The van der Waals surface area contributed by atoms with Crippen molar-refractivity contribution in [3.63, 3.8) is 0 Å². The Bertz CT molecular complexity index is 1060. The van der Waals surface area contributed by atoms with E-state index in [1.54, 1.807) is 29.2 Å². The summed E-state index contributed by atoms with van der Waals surface area (Å²) in [6, 6.07) is 24.6. The summed E-state index contributed by atoms with van der Waals surface area (Å²) in [6.07, 6.45) is 1.41. The van der Waals surface area contributed by atoms with Crippen LogP contribution in [0.25, 0.3) is 0 Å². The summed E-state index contributed by atoms with van der Waals surface area (Å²) >= 11 is 1.90. The molecule has 0 radical (unpaired) electrons. The number of nitrogens with zero attached hydrogens (tertiary/aromatic N) is 1. The summed E-state index contributed by atoms with van der Waals surface area (Å²) in [6.45, 7) is 1.28. The fraction of sp³-hybridized carbons (Fsp3) is 0.240. The van der Waals surface area contributed by atoms with Gasteiger partial charge in [0, 0.05) is 17.8 Å². The molecule has 2 aliphatic heterocycles. The molecule has 0 saturated carbocycles. The van der Waals surface area contributed by atoms with Crippen molar-refractivity contribution in [2.75, 3.05) is 13.1 Å². The van der Waals surface area contributed by atoms with Crippen molar-refractivity contribution >= 4 is 17.9 Å². The standard InChI is InChI=1S/C25H22FNO2S/c26-19-8-6-7-18(17-19)23-21-11-4-5-12-22(21)25(30-23)13-15-27(16-14-25)24(28)29-20-9-2-1-3-10-20/h1-12,17,23H,13-16H2. The third-order valence-electron chi connectivity index (χ3n) is 6.01. The first-order valence-electron chi connectivity index (χ1n) is 10.2. The largest absolute Gasteiger partial charge is 0.415 e. The van der Waals surface area contributed by atoms with Crippen molar-refractivity contribution in [2.24, 2.45) is 0 Å². The van der Waals surface area contributed by atoms with E-state index < -0.39 is 0 Å². The van der Waals surface area contributed by atoms with Gasteiger partial charge in [-0.15, -0.1) is 11.8 Å². The molecule has 152 valence electrons. The average molecular weight is 420 g/mol. The number of hydrogen-bond acceptors (Lipinski definition) is 3. The molecule has 1 fully saturated rings. The minimum absolute atomic E-state index is 0.0584. The second kappa shape index (κ2) is 7.80. The Balaban J connectivity index is 1.35. The number of carbonyl (C=O) groups excluding carboxylic acids is 1. The molecular formula is C25H22FNO2S. The molecule has 1 saturated heterocycles. The first-order valence-corrected chi connectivity index (χ1v) is 11.1. The first-order chi connectivity index (χ1) is 14.6. The Labute approximate surface area is 179 Å². The van der Waals surface area contributed by atoms with Gasteiger partial charge in [0.05, 0.1) is 5.25 Å². The normalized spacial score (nSPS) is 19.5. The highest BCUT2D eigenvalue weighted by atomic mass is 32.2. The Morgan fingerprint density at radius 1 is 0.967 bits per heavy atom. The molecule has 0 bridgehead atoms. The van der Waals surface area contributed by atoms with Gasteiger partial charge in [-0.25, -0.2) is 9.18 Å². The van der Waals surface area contributed by atoms with Gasteiger partial charge in [0.15, 0.2) is 0 Å². The zero-order valence-corrected chi connectivity index (χ0v) is 17.3. The molecule has 1 amide bonds. The van der Waals surface area contributed by atoms with E-state index in [0.29, 0.717) is 18.8 Å². The fourth-order valence-electron chi connectivity index (χ4n) is 4.50. The van der Waals surface area contributed by atoms with Crippen molar-refractivity contribution in [1.29, 1.82) is 0 Å². The zero-order valence-electron chi connectivity index (χ0n) is 16.5. The van der Waals surface area contributed by atoms with E-state index in [4.69, 9.17) is 4.74 Å². The van der Waals surface area contributed by atoms with Crippen LogP contribution in [0, 0.1) is 5.82 Å². The molecule has 0 aliphatic carbocycles. The van der Waals surface area contributed by atoms with Crippen molar-refractivity contribution < 1.29 is 13.9 Å². The lowest BCUT2D eigenvalue weighted by Crippen LogP contribution is -2.44. The van der Waals surface area contributed by atoms with E-state index in [1.807, 2.05) is 36.0 Å². The summed E-state index contributed by atoms with van der Waals surface area (Å²) in [5.41, 5.74) is 3.57. The molecule has 5 heteroatoms. The Morgan fingerprint density at radius 3 is 2.47 bits per heavy atom. The third-order valence-corrected chi connectivity index (χ3v) is 7.85. The van der Waals surface area contributed by atoms with Crippen LogP contribution in [0.2, 0.25) is 0 Å². The summed E-state index contributed by atoms with van der Waals surface area (Å²) in [5, 5.41) is 0.111. The molecule has 1 atom stereocenters. The highest BCUT2D eigenvalue weighted by Crippen LogP contribution is 2.61. The predicted molar refractivity (Wildman–Crippen MR) is 117 cm³/mol. The topological polar surface area (TPSA) is 29.5 Å². The van der Waals surface area contributed by atoms with Crippen LogP contribution >= 0.6 is 11.8 Å². The Hall–Kier alpha value is -2.79. The number of carbonyl (C=O) groups is 1. The van der Waals surface area contributed by atoms with Crippen molar-refractivity contribution in [2.45, 2.75) is 22.8 Å². The molecule has 0 N–H and O–H groups in total. The maximum absolute atomic E-state index is 13.9. The number of para-hydroxylation sites is 1. The van der Waals surface area contributed by atoms with E-state index >= 15 is 0 Å². The lowest BCUT2D eigenvalue weighted by Gasteiger charge is -2.39. The number of likely N-dealkylation sites (tertiary alicyclic amines) is 1. The summed E-state index contributed by atoms with van der Waals surface area (Å²) in [4.78, 5) is 14.4. The molecule has 1 spiro atoms. The second-order valence-electron chi connectivity index (χ2n) is 7.80. The van der Waals surface area contributed by atoms with Gasteiger partial charge in [0.1, 0.15) is 11.6 Å². The SMILES string of the molecule is O=C(Oc1ccccc1)N1CCC2(CC1)SC(c1cccc(F)c1)c1ccccc12. The number of thioether (sulfide) groups is 1. The molecule has 3 aromatic rings. The zero-order chi connectivity index (χ0) is 20.6. The second-order valence-corrected chi connectivity index (χ2v) is 9.29. The number of fused-ring (bicyclic) bond motifs is 2. The maximum Gasteiger partial charge on any atom is 0.415 e. The minimum Gasteiger partial charge on any atom is -0.410 e. The number of benzene rings is 3. The summed E-state index contributed by atoms with van der Waals surface area (Å²) < 4.78 is 19.3. The summed E-state index contributed by atoms with van der Waals surface area (Å²) in [7, 11) is 0. The Kier molecular flexibility index (Phi) is 4.99. The molecule has 2 aliphatic rings. The number of amides is 1. The molecule has 3 nitrogen and oxygen atoms in total. The highest BCUT2D eigenvalue weighted by Gasteiger charge is 2.47. The van der Waals surface area contributed by atoms with Gasteiger partial charge in [-0.3, -0.25) is 0 Å². The molecule has 1 unspecified atom stereocenters. The first kappa shape index (κ1) is 19.2. The van der Waals surface area contributed by atoms with Gasteiger partial charge in [0.25, 0.3) is 0 Å². The monoisotopic (exact) mass is 419 g/mol. The van der Waals surface area contributed by atoms with Gasteiger partial charge >= 0.3 is 6.09 Å². The smallest absolute Gasteiger partial charge is 0.410 e. The maximum atomic E-state index is 13.9. The average Bonchev–Trinajstić information content (AvgIpc) is 3.09. The van der Waals surface area contributed by atoms with Gasteiger partial charge in [-0.2, -0.15) is 0 Å². The lowest BCUT2D eigenvalue weighted by molar-refractivity contribution is 0.135. The number of hydrogen-bond donors (Lipinski definition) is 0.